The predicted molar refractivity (Wildman–Crippen MR) is 120 cm³/mol. The van der Waals surface area contributed by atoms with Crippen molar-refractivity contribution in [3.05, 3.63) is 84.1 Å². The standard InChI is InChI=1S/C24H21N3O4/c1-30-20-11-5-17(6-12-20)25-24-26-22(15-16-3-9-19(28)10-4-16)23(29)27(24)18-7-13-21(31-2)14-8-18/h3-15,28H,1-2H3,(H,25,26)/b22-15+. The van der Waals surface area contributed by atoms with Gasteiger partial charge < -0.3 is 19.9 Å². The van der Waals surface area contributed by atoms with E-state index in [0.717, 1.165) is 11.3 Å². The molecule has 0 aromatic heterocycles. The first-order valence-electron chi connectivity index (χ1n) is 9.56. The normalized spacial score (nSPS) is 15.9. The molecule has 156 valence electrons. The molecule has 1 aliphatic heterocycles. The number of amides is 1. The minimum absolute atomic E-state index is 0.162. The number of nitrogens with one attached hydrogen (secondary N) is 1. The SMILES string of the molecule is COc1ccc(/N=C2/N/C(=C/c3ccc(O)cc3)C(=O)N2c2ccc(OC)cc2)cc1. The lowest BCUT2D eigenvalue weighted by Gasteiger charge is -2.15. The van der Waals surface area contributed by atoms with Crippen LogP contribution in [-0.2, 0) is 4.79 Å². The molecule has 1 aliphatic rings. The summed E-state index contributed by atoms with van der Waals surface area (Å²) in [5.74, 6) is 1.71. The van der Waals surface area contributed by atoms with Gasteiger partial charge in [0.1, 0.15) is 22.9 Å². The molecule has 0 atom stereocenters. The van der Waals surface area contributed by atoms with Gasteiger partial charge in [0.05, 0.1) is 25.6 Å². The quantitative estimate of drug-likeness (QED) is 0.614. The molecule has 3 aromatic rings. The minimum atomic E-state index is -0.245. The van der Waals surface area contributed by atoms with Crippen LogP contribution in [0.3, 0.4) is 0 Å². The average molecular weight is 415 g/mol. The number of anilines is 1. The van der Waals surface area contributed by atoms with E-state index in [0.29, 0.717) is 28.8 Å². The summed E-state index contributed by atoms with van der Waals surface area (Å²) in [7, 11) is 3.19. The Labute approximate surface area is 179 Å². The fraction of sp³-hybridized carbons (Fsp3) is 0.0833. The third-order valence-electron chi connectivity index (χ3n) is 4.73. The van der Waals surface area contributed by atoms with Crippen molar-refractivity contribution in [3.63, 3.8) is 0 Å². The molecule has 1 amide bonds. The predicted octanol–water partition coefficient (Wildman–Crippen LogP) is 4.07. The van der Waals surface area contributed by atoms with Gasteiger partial charge in [-0.25, -0.2) is 9.89 Å². The zero-order valence-corrected chi connectivity index (χ0v) is 17.1. The second kappa shape index (κ2) is 8.62. The van der Waals surface area contributed by atoms with Crippen LogP contribution in [0.25, 0.3) is 6.08 Å². The van der Waals surface area contributed by atoms with Crippen molar-refractivity contribution in [1.82, 2.24) is 5.32 Å². The lowest BCUT2D eigenvalue weighted by atomic mass is 10.2. The Hall–Kier alpha value is -4.26. The molecule has 2 N–H and O–H groups in total. The number of aliphatic imine (C=N–C) groups is 1. The summed E-state index contributed by atoms with van der Waals surface area (Å²) < 4.78 is 10.4. The molecule has 0 saturated carbocycles. The van der Waals surface area contributed by atoms with Crippen LogP contribution in [0.15, 0.2) is 83.5 Å². The Morgan fingerprint density at radius 2 is 1.45 bits per heavy atom. The zero-order chi connectivity index (χ0) is 21.8. The van der Waals surface area contributed by atoms with Gasteiger partial charge in [-0.3, -0.25) is 4.79 Å². The molecule has 0 radical (unpaired) electrons. The van der Waals surface area contributed by atoms with Gasteiger partial charge in [0.15, 0.2) is 0 Å². The Morgan fingerprint density at radius 3 is 2.03 bits per heavy atom. The summed E-state index contributed by atoms with van der Waals surface area (Å²) in [6.45, 7) is 0. The second-order valence-corrected chi connectivity index (χ2v) is 6.75. The van der Waals surface area contributed by atoms with Crippen molar-refractivity contribution in [2.45, 2.75) is 0 Å². The highest BCUT2D eigenvalue weighted by Crippen LogP contribution is 2.27. The molecule has 0 aliphatic carbocycles. The molecule has 3 aromatic carbocycles. The van der Waals surface area contributed by atoms with Gasteiger partial charge >= 0.3 is 0 Å². The third kappa shape index (κ3) is 4.35. The molecule has 0 unspecified atom stereocenters. The molecular formula is C24H21N3O4. The van der Waals surface area contributed by atoms with E-state index in [9.17, 15) is 9.90 Å². The van der Waals surface area contributed by atoms with E-state index in [1.807, 2.05) is 12.1 Å². The number of aromatic hydroxyl groups is 1. The highest BCUT2D eigenvalue weighted by molar-refractivity contribution is 6.30. The van der Waals surface area contributed by atoms with E-state index in [-0.39, 0.29) is 11.7 Å². The molecule has 7 heteroatoms. The number of methoxy groups -OCH3 is 2. The summed E-state index contributed by atoms with van der Waals surface area (Å²) in [4.78, 5) is 19.4. The summed E-state index contributed by atoms with van der Waals surface area (Å²) in [6.07, 6.45) is 1.72. The molecule has 1 saturated heterocycles. The van der Waals surface area contributed by atoms with Crippen LogP contribution >= 0.6 is 0 Å². The number of hydrogen-bond donors (Lipinski definition) is 2. The van der Waals surface area contributed by atoms with Crippen LogP contribution < -0.4 is 19.7 Å². The molecule has 4 rings (SSSR count). The van der Waals surface area contributed by atoms with Crippen molar-refractivity contribution in [2.75, 3.05) is 19.1 Å². The largest absolute Gasteiger partial charge is 0.508 e. The van der Waals surface area contributed by atoms with Gasteiger partial charge in [-0.15, -0.1) is 0 Å². The molecule has 0 spiro atoms. The first-order valence-corrected chi connectivity index (χ1v) is 9.56. The number of nitrogens with zero attached hydrogens (tertiary/aromatic N) is 2. The number of rotatable bonds is 5. The summed E-state index contributed by atoms with van der Waals surface area (Å²) in [6, 6.07) is 21.0. The average Bonchev–Trinajstić information content (AvgIpc) is 3.10. The van der Waals surface area contributed by atoms with E-state index < -0.39 is 0 Å². The van der Waals surface area contributed by atoms with Crippen LogP contribution in [0.1, 0.15) is 5.56 Å². The summed E-state index contributed by atoms with van der Waals surface area (Å²) in [5, 5.41) is 12.6. The molecular weight excluding hydrogens is 394 g/mol. The van der Waals surface area contributed by atoms with Gasteiger partial charge in [-0.2, -0.15) is 0 Å². The zero-order valence-electron chi connectivity index (χ0n) is 17.1. The maximum atomic E-state index is 13.2. The lowest BCUT2D eigenvalue weighted by Crippen LogP contribution is -2.32. The number of carbonyl (C=O) groups is 1. The van der Waals surface area contributed by atoms with Crippen molar-refractivity contribution in [1.29, 1.82) is 0 Å². The van der Waals surface area contributed by atoms with Gasteiger partial charge in [-0.05, 0) is 72.3 Å². The van der Waals surface area contributed by atoms with Gasteiger partial charge in [0.25, 0.3) is 5.91 Å². The van der Waals surface area contributed by atoms with Crippen LogP contribution in [0, 0.1) is 0 Å². The van der Waals surface area contributed by atoms with E-state index in [1.54, 1.807) is 81.0 Å². The van der Waals surface area contributed by atoms with Crippen molar-refractivity contribution in [2.24, 2.45) is 4.99 Å². The highest BCUT2D eigenvalue weighted by atomic mass is 16.5. The number of phenols is 1. The van der Waals surface area contributed by atoms with E-state index in [1.165, 1.54) is 4.90 Å². The topological polar surface area (TPSA) is 83.4 Å². The monoisotopic (exact) mass is 415 g/mol. The third-order valence-corrected chi connectivity index (χ3v) is 4.73. The van der Waals surface area contributed by atoms with E-state index in [2.05, 4.69) is 10.3 Å². The Balaban J connectivity index is 1.74. The number of phenolic OH excluding ortho intramolecular Hbond substituents is 1. The van der Waals surface area contributed by atoms with Crippen molar-refractivity contribution >= 4 is 29.3 Å². The highest BCUT2D eigenvalue weighted by Gasteiger charge is 2.33. The van der Waals surface area contributed by atoms with Crippen LogP contribution in [0.4, 0.5) is 11.4 Å². The molecule has 7 nitrogen and oxygen atoms in total. The van der Waals surface area contributed by atoms with E-state index >= 15 is 0 Å². The fourth-order valence-corrected chi connectivity index (χ4v) is 3.11. The number of guanidine groups is 1. The van der Waals surface area contributed by atoms with Gasteiger partial charge in [0, 0.05) is 0 Å². The Bertz CT molecular complexity index is 1130. The Kier molecular flexibility index (Phi) is 5.57. The smallest absolute Gasteiger partial charge is 0.281 e. The molecule has 31 heavy (non-hydrogen) atoms. The summed E-state index contributed by atoms with van der Waals surface area (Å²) >= 11 is 0. The van der Waals surface area contributed by atoms with Crippen LogP contribution in [-0.4, -0.2) is 31.2 Å². The molecule has 1 fully saturated rings. The van der Waals surface area contributed by atoms with Crippen LogP contribution in [0.5, 0.6) is 17.2 Å². The summed E-state index contributed by atoms with van der Waals surface area (Å²) in [5.41, 5.74) is 2.46. The lowest BCUT2D eigenvalue weighted by molar-refractivity contribution is -0.113. The first-order chi connectivity index (χ1) is 15.1. The van der Waals surface area contributed by atoms with Crippen molar-refractivity contribution in [3.8, 4) is 17.2 Å². The number of benzene rings is 3. The van der Waals surface area contributed by atoms with Gasteiger partial charge in [-0.1, -0.05) is 12.1 Å². The van der Waals surface area contributed by atoms with E-state index in [4.69, 9.17) is 9.47 Å². The maximum absolute atomic E-state index is 13.2. The maximum Gasteiger partial charge on any atom is 0.281 e. The number of ether oxygens (including phenoxy) is 2. The molecule has 1 heterocycles. The number of carbonyl (C=O) groups excluding carboxylic acids is 1. The van der Waals surface area contributed by atoms with Crippen molar-refractivity contribution < 1.29 is 19.4 Å². The Morgan fingerprint density at radius 1 is 0.871 bits per heavy atom. The minimum Gasteiger partial charge on any atom is -0.508 e. The molecule has 0 bridgehead atoms. The number of hydrogen-bond acceptors (Lipinski definition) is 5. The first kappa shape index (κ1) is 20.0. The fourth-order valence-electron chi connectivity index (χ4n) is 3.11. The van der Waals surface area contributed by atoms with Gasteiger partial charge in [0.2, 0.25) is 5.96 Å². The van der Waals surface area contributed by atoms with Crippen LogP contribution in [0.2, 0.25) is 0 Å². The second-order valence-electron chi connectivity index (χ2n) is 6.75.